The highest BCUT2D eigenvalue weighted by Crippen LogP contribution is 2.31. The fourth-order valence-electron chi connectivity index (χ4n) is 2.05. The third-order valence-electron chi connectivity index (χ3n) is 3.03. The Balaban J connectivity index is 2.50. The number of benzene rings is 1. The number of ether oxygens (including phenoxy) is 1. The van der Waals surface area contributed by atoms with E-state index >= 15 is 0 Å². The zero-order valence-corrected chi connectivity index (χ0v) is 13.9. The molecule has 0 saturated heterocycles. The average Bonchev–Trinajstić information content (AvgIpc) is 2.48. The summed E-state index contributed by atoms with van der Waals surface area (Å²) in [6, 6.07) is 9.04. The van der Waals surface area contributed by atoms with E-state index in [0.29, 0.717) is 28.4 Å². The van der Waals surface area contributed by atoms with Crippen LogP contribution in [0.25, 0.3) is 11.3 Å². The monoisotopic (exact) mass is 367 g/mol. The van der Waals surface area contributed by atoms with Crippen LogP contribution in [0.2, 0.25) is 5.02 Å². The molecule has 110 valence electrons. The van der Waals surface area contributed by atoms with Crippen molar-refractivity contribution < 1.29 is 4.74 Å². The number of halogens is 2. The molecule has 0 radical (unpaired) electrons. The van der Waals surface area contributed by atoms with Gasteiger partial charge in [0.05, 0.1) is 15.2 Å². The molecule has 2 aromatic rings. The Morgan fingerprint density at radius 3 is 2.76 bits per heavy atom. The van der Waals surface area contributed by atoms with E-state index in [4.69, 9.17) is 16.3 Å². The Bertz CT molecular complexity index is 725. The molecule has 0 atom stereocenters. The molecule has 0 aliphatic rings. The van der Waals surface area contributed by atoms with Crippen molar-refractivity contribution in [2.75, 3.05) is 6.61 Å². The fraction of sp³-hybridized carbons (Fsp3) is 0.188. The van der Waals surface area contributed by atoms with Crippen LogP contribution >= 0.6 is 27.5 Å². The second-order valence-electron chi connectivity index (χ2n) is 4.36. The molecular formula is C16H15BrClNO2. The van der Waals surface area contributed by atoms with Crippen molar-refractivity contribution in [3.8, 4) is 17.0 Å². The molecule has 1 aromatic heterocycles. The highest BCUT2D eigenvalue weighted by molar-refractivity contribution is 9.10. The molecule has 1 heterocycles. The summed E-state index contributed by atoms with van der Waals surface area (Å²) in [6.45, 7) is 6.52. The van der Waals surface area contributed by atoms with Gasteiger partial charge >= 0.3 is 0 Å². The first kappa shape index (κ1) is 15.9. The van der Waals surface area contributed by atoms with Gasteiger partial charge in [-0.25, -0.2) is 0 Å². The number of hydrogen-bond acceptors (Lipinski definition) is 2. The lowest BCUT2D eigenvalue weighted by Gasteiger charge is -2.14. The molecule has 0 spiro atoms. The van der Waals surface area contributed by atoms with Crippen LogP contribution in [-0.2, 0) is 6.54 Å². The molecule has 0 saturated carbocycles. The van der Waals surface area contributed by atoms with Crippen LogP contribution < -0.4 is 10.3 Å². The second-order valence-corrected chi connectivity index (χ2v) is 5.62. The maximum atomic E-state index is 12.2. The number of pyridine rings is 1. The summed E-state index contributed by atoms with van der Waals surface area (Å²) in [7, 11) is 0. The van der Waals surface area contributed by atoms with Gasteiger partial charge in [-0.3, -0.25) is 4.79 Å². The van der Waals surface area contributed by atoms with E-state index in [0.717, 1.165) is 11.3 Å². The van der Waals surface area contributed by atoms with Gasteiger partial charge in [0.15, 0.2) is 0 Å². The van der Waals surface area contributed by atoms with E-state index in [1.165, 1.54) is 0 Å². The number of hydrogen-bond donors (Lipinski definition) is 0. The summed E-state index contributed by atoms with van der Waals surface area (Å²) < 4.78 is 7.66. The summed E-state index contributed by atoms with van der Waals surface area (Å²) in [5.41, 5.74) is 1.51. The van der Waals surface area contributed by atoms with E-state index in [-0.39, 0.29) is 5.56 Å². The minimum absolute atomic E-state index is 0.0712. The van der Waals surface area contributed by atoms with Crippen LogP contribution in [0.5, 0.6) is 5.75 Å². The van der Waals surface area contributed by atoms with Crippen LogP contribution in [0.3, 0.4) is 0 Å². The highest BCUT2D eigenvalue weighted by atomic mass is 79.9. The second kappa shape index (κ2) is 6.96. The third-order valence-corrected chi connectivity index (χ3v) is 3.94. The average molecular weight is 369 g/mol. The lowest BCUT2D eigenvalue weighted by molar-refractivity contribution is 0.363. The number of rotatable bonds is 5. The molecule has 0 bridgehead atoms. The van der Waals surface area contributed by atoms with E-state index in [9.17, 15) is 4.79 Å². The molecule has 0 aliphatic heterocycles. The quantitative estimate of drug-likeness (QED) is 0.727. The normalized spacial score (nSPS) is 10.4. The van der Waals surface area contributed by atoms with Gasteiger partial charge < -0.3 is 9.30 Å². The maximum Gasteiger partial charge on any atom is 0.265 e. The number of aromatic nitrogens is 1. The zero-order valence-electron chi connectivity index (χ0n) is 11.6. The molecule has 0 unspecified atom stereocenters. The van der Waals surface area contributed by atoms with Gasteiger partial charge in [0.2, 0.25) is 0 Å². The zero-order chi connectivity index (χ0) is 15.4. The lowest BCUT2D eigenvalue weighted by atomic mass is 10.1. The summed E-state index contributed by atoms with van der Waals surface area (Å²) in [5.74, 6) is 0.672. The molecule has 5 heteroatoms. The molecule has 1 aromatic carbocycles. The topological polar surface area (TPSA) is 31.2 Å². The molecule has 0 amide bonds. The van der Waals surface area contributed by atoms with Crippen LogP contribution in [-0.4, -0.2) is 11.2 Å². The summed E-state index contributed by atoms with van der Waals surface area (Å²) in [4.78, 5) is 12.2. The SMILES string of the molecule is C=CCOc1ccc(-c2ccc(Br)c(=O)n2CC)c(Cl)c1. The molecule has 21 heavy (non-hydrogen) atoms. The van der Waals surface area contributed by atoms with Crippen molar-refractivity contribution in [1.29, 1.82) is 0 Å². The van der Waals surface area contributed by atoms with Crippen molar-refractivity contribution in [2.24, 2.45) is 0 Å². The van der Waals surface area contributed by atoms with E-state index in [2.05, 4.69) is 22.5 Å². The summed E-state index contributed by atoms with van der Waals surface area (Å²) in [5, 5.41) is 0.542. The third kappa shape index (κ3) is 3.39. The van der Waals surface area contributed by atoms with Crippen molar-refractivity contribution >= 4 is 27.5 Å². The van der Waals surface area contributed by atoms with Gasteiger partial charge in [-0.15, -0.1) is 0 Å². The minimum atomic E-state index is -0.0712. The predicted molar refractivity (Wildman–Crippen MR) is 90.2 cm³/mol. The van der Waals surface area contributed by atoms with Gasteiger partial charge in [-0.1, -0.05) is 24.3 Å². The fourth-order valence-corrected chi connectivity index (χ4v) is 2.66. The Kier molecular flexibility index (Phi) is 5.26. The Morgan fingerprint density at radius 1 is 1.38 bits per heavy atom. The van der Waals surface area contributed by atoms with Crippen LogP contribution in [0.1, 0.15) is 6.92 Å². The van der Waals surface area contributed by atoms with Crippen LogP contribution in [0.4, 0.5) is 0 Å². The van der Waals surface area contributed by atoms with Crippen LogP contribution in [0, 0.1) is 0 Å². The molecular weight excluding hydrogens is 354 g/mol. The Hall–Kier alpha value is -1.52. The largest absolute Gasteiger partial charge is 0.490 e. The first-order valence-electron chi connectivity index (χ1n) is 6.51. The highest BCUT2D eigenvalue weighted by Gasteiger charge is 2.11. The molecule has 0 fully saturated rings. The maximum absolute atomic E-state index is 12.2. The van der Waals surface area contributed by atoms with E-state index in [1.807, 2.05) is 25.1 Å². The van der Waals surface area contributed by atoms with Gasteiger partial charge in [0, 0.05) is 12.1 Å². The summed E-state index contributed by atoms with van der Waals surface area (Å²) >= 11 is 9.59. The van der Waals surface area contributed by atoms with Crippen molar-refractivity contribution in [2.45, 2.75) is 13.5 Å². The van der Waals surface area contributed by atoms with E-state index < -0.39 is 0 Å². The lowest BCUT2D eigenvalue weighted by Crippen LogP contribution is -2.21. The molecule has 3 nitrogen and oxygen atoms in total. The van der Waals surface area contributed by atoms with Crippen LogP contribution in [0.15, 0.2) is 52.3 Å². The summed E-state index contributed by atoms with van der Waals surface area (Å²) in [6.07, 6.45) is 1.67. The van der Waals surface area contributed by atoms with E-state index in [1.54, 1.807) is 22.8 Å². The van der Waals surface area contributed by atoms with Crippen molar-refractivity contribution in [3.63, 3.8) is 0 Å². The standard InChI is InChI=1S/C16H15BrClNO2/c1-3-9-21-11-5-6-12(14(18)10-11)15-8-7-13(17)16(20)19(15)4-2/h3,5-8,10H,1,4,9H2,2H3. The molecule has 0 N–H and O–H groups in total. The van der Waals surface area contributed by atoms with Gasteiger partial charge in [-0.05, 0) is 53.2 Å². The smallest absolute Gasteiger partial charge is 0.265 e. The molecule has 2 rings (SSSR count). The Morgan fingerprint density at radius 2 is 2.14 bits per heavy atom. The number of nitrogens with zero attached hydrogens (tertiary/aromatic N) is 1. The van der Waals surface area contributed by atoms with Crippen molar-refractivity contribution in [3.05, 3.63) is 62.8 Å². The molecule has 0 aliphatic carbocycles. The minimum Gasteiger partial charge on any atom is -0.490 e. The van der Waals surface area contributed by atoms with Gasteiger partial charge in [0.25, 0.3) is 5.56 Å². The van der Waals surface area contributed by atoms with Gasteiger partial charge in [0.1, 0.15) is 12.4 Å². The van der Waals surface area contributed by atoms with Gasteiger partial charge in [-0.2, -0.15) is 0 Å². The Labute approximate surface area is 136 Å². The van der Waals surface area contributed by atoms with Crippen molar-refractivity contribution in [1.82, 2.24) is 4.57 Å². The first-order chi connectivity index (χ1) is 10.1. The first-order valence-corrected chi connectivity index (χ1v) is 7.68. The predicted octanol–water partition coefficient (Wildman–Crippen LogP) is 4.52.